The number of hydrogen-bond donors (Lipinski definition) is 26. The van der Waals surface area contributed by atoms with E-state index in [-0.39, 0.29) is 97.4 Å². The zero-order chi connectivity index (χ0) is 87.7. The van der Waals surface area contributed by atoms with Gasteiger partial charge in [0.1, 0.15) is 100 Å². The second-order valence-electron chi connectivity index (χ2n) is 25.2. The highest BCUT2D eigenvalue weighted by atomic mass is 16.4. The van der Waals surface area contributed by atoms with Gasteiger partial charge >= 0.3 is 53.7 Å². The van der Waals surface area contributed by atoms with Crippen molar-refractivity contribution in [3.63, 3.8) is 0 Å². The second kappa shape index (κ2) is 54.0. The van der Waals surface area contributed by atoms with Crippen LogP contribution in [0.5, 0.6) is 46.0 Å². The Hall–Kier alpha value is -13.8. The molecule has 35 heteroatoms. The molecule has 0 fully saturated rings. The number of carboxylic acids is 9. The molecule has 0 amide bonds. The largest absolute Gasteiger partial charge is 0.508 e. The highest BCUT2D eigenvalue weighted by molar-refractivity contribution is 5.77. The molecular weight excluding hydrogens is 1510 g/mol. The first-order valence-electron chi connectivity index (χ1n) is 34.6. The van der Waals surface area contributed by atoms with Crippen LogP contribution >= 0.6 is 0 Å². The van der Waals surface area contributed by atoms with Gasteiger partial charge in [0.05, 0.1) is 0 Å². The van der Waals surface area contributed by atoms with Crippen molar-refractivity contribution in [3.8, 4) is 46.0 Å². The van der Waals surface area contributed by atoms with Crippen molar-refractivity contribution in [1.82, 2.24) is 0 Å². The van der Waals surface area contributed by atoms with Crippen LogP contribution in [0.2, 0.25) is 0 Å². The van der Waals surface area contributed by atoms with Crippen LogP contribution in [-0.2, 0) is 101 Å². The fraction of sp³-hybridized carbons (Fsp3) is 0.222. The number of aliphatic carboxylic acids is 9. The molecule has 0 aromatic heterocycles. The Bertz CT molecular complexity index is 3640. The zero-order valence-corrected chi connectivity index (χ0v) is 62.4. The summed E-state index contributed by atoms with van der Waals surface area (Å²) >= 11 is 0. The smallest absolute Gasteiger partial charge is 0.320 e. The van der Waals surface area contributed by atoms with Gasteiger partial charge in [0, 0.05) is 0 Å². The van der Waals surface area contributed by atoms with Crippen molar-refractivity contribution in [3.05, 3.63) is 275 Å². The van der Waals surface area contributed by atoms with Gasteiger partial charge < -0.3 is 138 Å². The first kappa shape index (κ1) is 100. The van der Waals surface area contributed by atoms with Crippen LogP contribution in [0.25, 0.3) is 0 Å². The fourth-order valence-corrected chi connectivity index (χ4v) is 8.74. The van der Waals surface area contributed by atoms with Crippen LogP contribution < -0.4 is 51.6 Å². The summed E-state index contributed by atoms with van der Waals surface area (Å²) in [4.78, 5) is 93.5. The van der Waals surface area contributed by atoms with Crippen molar-refractivity contribution in [2.75, 3.05) is 0 Å². The number of carbonyl (C=O) groups is 9. The molecule has 9 atom stereocenters. The van der Waals surface area contributed by atoms with Crippen molar-refractivity contribution >= 4 is 53.7 Å². The van der Waals surface area contributed by atoms with Crippen molar-refractivity contribution in [2.45, 2.75) is 112 Å². The Morgan fingerprint density at radius 3 is 0.336 bits per heavy atom. The van der Waals surface area contributed by atoms with Gasteiger partial charge in [-0.3, -0.25) is 43.2 Å². The summed E-state index contributed by atoms with van der Waals surface area (Å²) in [6.45, 7) is 0. The average Bonchev–Trinajstić information content (AvgIpc) is 0.918. The third-order valence-electron chi connectivity index (χ3n) is 15.3. The molecule has 0 bridgehead atoms. The number of phenolic OH excluding ortho intramolecular Hbond substituents is 8. The molecule has 35 nitrogen and oxygen atoms in total. The number of carboxylic acid groups (broad SMARTS) is 9. The lowest BCUT2D eigenvalue weighted by Gasteiger charge is -2.05. The van der Waals surface area contributed by atoms with Crippen LogP contribution in [0.15, 0.2) is 224 Å². The van der Waals surface area contributed by atoms with E-state index in [0.29, 0.717) is 6.42 Å². The standard InChI is InChI=1S/8C9H11NO3.C9H11NO2/c8*10-8(9(12)13)5-6-1-3-7(11)4-2-6;10-8(9(11)12)6-7-4-2-1-3-5-7/h8*1-4,8,11H,5,10H2,(H,12,13);1-5,8H,6,10H2,(H,11,12)/t9*8-/m000000000/s1. The fourth-order valence-electron chi connectivity index (χ4n) is 8.74. The molecule has 624 valence electrons. The summed E-state index contributed by atoms with van der Waals surface area (Å²) in [5.41, 5.74) is 55.3. The van der Waals surface area contributed by atoms with Crippen molar-refractivity contribution < 1.29 is 130 Å². The quantitative estimate of drug-likeness (QED) is 0.0351. The van der Waals surface area contributed by atoms with Gasteiger partial charge in [0.2, 0.25) is 0 Å². The van der Waals surface area contributed by atoms with E-state index in [2.05, 4.69) is 0 Å². The van der Waals surface area contributed by atoms with Gasteiger partial charge in [0.15, 0.2) is 0 Å². The van der Waals surface area contributed by atoms with E-state index in [0.717, 1.165) is 50.1 Å². The van der Waals surface area contributed by atoms with Gasteiger partial charge in [-0.1, -0.05) is 127 Å². The Balaban J connectivity index is 0.000000653. The molecule has 0 saturated carbocycles. The van der Waals surface area contributed by atoms with Gasteiger partial charge in [-0.25, -0.2) is 0 Å². The molecule has 0 spiro atoms. The SMILES string of the molecule is N[C@@H](Cc1ccc(O)cc1)C(=O)O.N[C@@H](Cc1ccc(O)cc1)C(=O)O.N[C@@H](Cc1ccc(O)cc1)C(=O)O.N[C@@H](Cc1ccc(O)cc1)C(=O)O.N[C@@H](Cc1ccc(O)cc1)C(=O)O.N[C@@H](Cc1ccc(O)cc1)C(=O)O.N[C@@H](Cc1ccc(O)cc1)C(=O)O.N[C@@H](Cc1ccc(O)cc1)C(=O)O.N[C@@H](Cc1ccccc1)C(=O)O. The number of nitrogens with two attached hydrogens (primary N) is 9. The van der Waals surface area contributed by atoms with Crippen LogP contribution in [0, 0.1) is 0 Å². The summed E-state index contributed by atoms with van der Waals surface area (Å²) in [7, 11) is 0. The number of phenols is 8. The second-order valence-corrected chi connectivity index (χ2v) is 25.2. The monoisotopic (exact) mass is 1610 g/mol. The van der Waals surface area contributed by atoms with Gasteiger partial charge in [-0.2, -0.15) is 0 Å². The molecule has 0 radical (unpaired) electrons. The van der Waals surface area contributed by atoms with E-state index in [9.17, 15) is 43.2 Å². The lowest BCUT2D eigenvalue weighted by molar-refractivity contribution is -0.139. The highest BCUT2D eigenvalue weighted by Gasteiger charge is 2.18. The summed E-state index contributed by atoms with van der Waals surface area (Å²) < 4.78 is 0. The first-order valence-corrected chi connectivity index (χ1v) is 34.6. The lowest BCUT2D eigenvalue weighted by atomic mass is 10.1. The third-order valence-corrected chi connectivity index (χ3v) is 15.3. The maximum atomic E-state index is 10.4. The third kappa shape index (κ3) is 46.2. The van der Waals surface area contributed by atoms with Crippen molar-refractivity contribution in [1.29, 1.82) is 0 Å². The van der Waals surface area contributed by atoms with E-state index in [4.69, 9.17) is 138 Å². The summed E-state index contributed by atoms with van der Waals surface area (Å²) in [6, 6.07) is 51.9. The summed E-state index contributed by atoms with van der Waals surface area (Å²) in [6.07, 6.45) is 2.57. The van der Waals surface area contributed by atoms with Crippen LogP contribution in [0.3, 0.4) is 0 Å². The normalized spacial score (nSPS) is 12.4. The Morgan fingerprint density at radius 1 is 0.164 bits per heavy atom. The Kier molecular flexibility index (Phi) is 46.7. The number of hydrogen-bond acceptors (Lipinski definition) is 26. The molecule has 35 N–H and O–H groups in total. The molecule has 0 heterocycles. The van der Waals surface area contributed by atoms with Crippen LogP contribution in [-0.4, -0.2) is 195 Å². The Labute approximate surface area is 665 Å². The molecule has 9 rings (SSSR count). The predicted octanol–water partition coefficient (Wildman–Crippen LogP) is 3.41. The minimum atomic E-state index is -1.02. The summed E-state index contributed by atoms with van der Waals surface area (Å²) in [5.74, 6) is -7.84. The molecule has 0 aliphatic heterocycles. The molecule has 9 aromatic carbocycles. The van der Waals surface area contributed by atoms with Crippen LogP contribution in [0.4, 0.5) is 0 Å². The van der Waals surface area contributed by atoms with E-state index in [1.165, 1.54) is 97.1 Å². The van der Waals surface area contributed by atoms with E-state index >= 15 is 0 Å². The molecule has 0 unspecified atom stereocenters. The Morgan fingerprint density at radius 2 is 0.250 bits per heavy atom. The van der Waals surface area contributed by atoms with Gasteiger partial charge in [-0.15, -0.1) is 0 Å². The molecule has 0 saturated heterocycles. The maximum Gasteiger partial charge on any atom is 0.320 e. The average molecular weight is 1610 g/mol. The molecule has 9 aromatic rings. The molecule has 0 aliphatic carbocycles. The minimum absolute atomic E-state index is 0.160. The maximum absolute atomic E-state index is 10.4. The number of rotatable bonds is 27. The molecule has 0 aliphatic rings. The highest BCUT2D eigenvalue weighted by Crippen LogP contribution is 2.18. The van der Waals surface area contributed by atoms with Gasteiger partial charge in [0.25, 0.3) is 0 Å². The molecular formula is C81H99N9O26. The summed E-state index contributed by atoms with van der Waals surface area (Å²) in [5, 5.41) is 148. The van der Waals surface area contributed by atoms with Crippen LogP contribution in [0.1, 0.15) is 50.1 Å². The van der Waals surface area contributed by atoms with E-state index < -0.39 is 108 Å². The molecule has 116 heavy (non-hydrogen) atoms. The van der Waals surface area contributed by atoms with E-state index in [1.54, 1.807) is 97.1 Å². The van der Waals surface area contributed by atoms with Crippen molar-refractivity contribution in [2.24, 2.45) is 51.6 Å². The number of aromatic hydroxyl groups is 8. The predicted molar refractivity (Wildman–Crippen MR) is 425 cm³/mol. The topological polar surface area (TPSA) is 732 Å². The minimum Gasteiger partial charge on any atom is -0.508 e. The number of benzene rings is 9. The van der Waals surface area contributed by atoms with Gasteiger partial charge in [-0.05, 0) is 205 Å². The van der Waals surface area contributed by atoms with E-state index in [1.807, 2.05) is 30.3 Å². The lowest BCUT2D eigenvalue weighted by Crippen LogP contribution is -2.32. The first-order chi connectivity index (χ1) is 54.4. The zero-order valence-electron chi connectivity index (χ0n) is 62.4.